The van der Waals surface area contributed by atoms with Crippen LogP contribution in [0.5, 0.6) is 5.75 Å². The molecule has 0 radical (unpaired) electrons. The second-order valence-electron chi connectivity index (χ2n) is 8.91. The van der Waals surface area contributed by atoms with Gasteiger partial charge in [-0.1, -0.05) is 18.2 Å². The minimum absolute atomic E-state index is 0.0351. The van der Waals surface area contributed by atoms with Crippen LogP contribution < -0.4 is 26.0 Å². The lowest BCUT2D eigenvalue weighted by Gasteiger charge is -2.34. The molecule has 2 heterocycles. The van der Waals surface area contributed by atoms with Crippen LogP contribution in [-0.4, -0.2) is 62.4 Å². The average molecular weight is 515 g/mol. The summed E-state index contributed by atoms with van der Waals surface area (Å²) in [5.74, 6) is -0.417. The van der Waals surface area contributed by atoms with Crippen molar-refractivity contribution in [3.63, 3.8) is 0 Å². The fraction of sp³-hybridized carbons (Fsp3) is 0.333. The zero-order chi connectivity index (χ0) is 25.9. The largest absolute Gasteiger partial charge is 0.506 e. The molecule has 2 aliphatic heterocycles. The third-order valence-corrected chi connectivity index (χ3v) is 6.66. The Balaban J connectivity index is 1.27. The van der Waals surface area contributed by atoms with Gasteiger partial charge in [0.05, 0.1) is 18.0 Å². The van der Waals surface area contributed by atoms with Crippen LogP contribution in [0.3, 0.4) is 0 Å². The molecule has 2 aliphatic rings. The number of hydrogen-bond acceptors (Lipinski definition) is 9. The molecule has 2 aromatic rings. The molecule has 1 fully saturated rings. The summed E-state index contributed by atoms with van der Waals surface area (Å²) in [4.78, 5) is 18.0. The summed E-state index contributed by atoms with van der Waals surface area (Å²) < 4.78 is 25.2. The van der Waals surface area contributed by atoms with Gasteiger partial charge < -0.3 is 26.2 Å². The Morgan fingerprint density at radius 2 is 1.92 bits per heavy atom. The van der Waals surface area contributed by atoms with Gasteiger partial charge in [0.2, 0.25) is 16.0 Å². The first kappa shape index (κ1) is 25.5. The maximum atomic E-state index is 11.7. The number of aliphatic hydroxyl groups is 1. The first-order chi connectivity index (χ1) is 17.1. The summed E-state index contributed by atoms with van der Waals surface area (Å²) in [6.45, 7) is 2.00. The number of nitrogens with zero attached hydrogens (tertiary/aromatic N) is 2. The van der Waals surface area contributed by atoms with E-state index in [1.54, 1.807) is 12.1 Å². The van der Waals surface area contributed by atoms with Gasteiger partial charge in [0, 0.05) is 31.4 Å². The van der Waals surface area contributed by atoms with Gasteiger partial charge in [-0.15, -0.1) is 0 Å². The number of anilines is 2. The molecule has 0 bridgehead atoms. The Morgan fingerprint density at radius 3 is 2.53 bits per heavy atom. The Bertz CT molecular complexity index is 1280. The molecule has 2 aromatic carbocycles. The van der Waals surface area contributed by atoms with Crippen molar-refractivity contribution in [2.45, 2.75) is 25.0 Å². The van der Waals surface area contributed by atoms with E-state index in [1.807, 2.05) is 24.3 Å². The smallest absolute Gasteiger partial charge is 0.276 e. The van der Waals surface area contributed by atoms with Gasteiger partial charge in [-0.2, -0.15) is 0 Å². The number of phenols is 1. The van der Waals surface area contributed by atoms with Crippen molar-refractivity contribution < 1.29 is 23.4 Å². The maximum Gasteiger partial charge on any atom is 0.276 e. The standard InChI is InChI=1S/C24H30N6O5S/c1-36(34,35)29-19-13-16(4-7-21(19)31)22(32)14-26-17-8-10-30(11-9-17)18-5-2-15(3-6-18)12-20-23(33)28-24(25)27-20/h2-7,12-13,17,22,26,29,31-32H,8-11,14H2,1H3,(H3,25,27,28,33)/b20-12-. The Labute approximate surface area is 209 Å². The number of amides is 1. The van der Waals surface area contributed by atoms with Crippen LogP contribution in [-0.2, 0) is 14.8 Å². The van der Waals surface area contributed by atoms with Gasteiger partial charge in [0.25, 0.3) is 5.91 Å². The number of carbonyl (C=O) groups is 1. The van der Waals surface area contributed by atoms with Crippen molar-refractivity contribution in [1.29, 1.82) is 0 Å². The molecule has 36 heavy (non-hydrogen) atoms. The van der Waals surface area contributed by atoms with Crippen LogP contribution in [0, 0.1) is 0 Å². The number of nitrogens with two attached hydrogens (primary N) is 1. The van der Waals surface area contributed by atoms with Crippen molar-refractivity contribution in [1.82, 2.24) is 10.6 Å². The van der Waals surface area contributed by atoms with Gasteiger partial charge in [0.1, 0.15) is 11.4 Å². The molecule has 1 unspecified atom stereocenters. The minimum atomic E-state index is -3.55. The van der Waals surface area contributed by atoms with Crippen LogP contribution >= 0.6 is 0 Å². The lowest BCUT2D eigenvalue weighted by molar-refractivity contribution is -0.115. The third kappa shape index (κ3) is 6.53. The number of aliphatic imine (C=N–C) groups is 1. The molecule has 1 amide bonds. The molecule has 4 rings (SSSR count). The molecule has 11 nitrogen and oxygen atoms in total. The highest BCUT2D eigenvalue weighted by Crippen LogP contribution is 2.28. The van der Waals surface area contributed by atoms with Crippen LogP contribution in [0.15, 0.2) is 53.2 Å². The van der Waals surface area contributed by atoms with Crippen LogP contribution in [0.2, 0.25) is 0 Å². The summed E-state index contributed by atoms with van der Waals surface area (Å²) in [6.07, 6.45) is 3.62. The van der Waals surface area contributed by atoms with Crippen molar-refractivity contribution in [2.24, 2.45) is 10.7 Å². The molecule has 0 aliphatic carbocycles. The van der Waals surface area contributed by atoms with E-state index < -0.39 is 16.1 Å². The first-order valence-corrected chi connectivity index (χ1v) is 13.4. The normalized spacial score (nSPS) is 18.7. The van der Waals surface area contributed by atoms with Crippen molar-refractivity contribution >= 4 is 39.3 Å². The predicted molar refractivity (Wildman–Crippen MR) is 139 cm³/mol. The van der Waals surface area contributed by atoms with E-state index in [2.05, 4.69) is 25.2 Å². The van der Waals surface area contributed by atoms with E-state index in [9.17, 15) is 23.4 Å². The quantitative estimate of drug-likeness (QED) is 0.222. The predicted octanol–water partition coefficient (Wildman–Crippen LogP) is 0.841. The summed E-state index contributed by atoms with van der Waals surface area (Å²) >= 11 is 0. The van der Waals surface area contributed by atoms with E-state index in [-0.39, 0.29) is 35.0 Å². The summed E-state index contributed by atoms with van der Waals surface area (Å²) in [7, 11) is -3.55. The number of hydrogen-bond donors (Lipinski definition) is 6. The zero-order valence-corrected chi connectivity index (χ0v) is 20.6. The number of carbonyl (C=O) groups excluding carboxylic acids is 1. The molecular weight excluding hydrogens is 484 g/mol. The van der Waals surface area contributed by atoms with Crippen molar-refractivity contribution in [3.8, 4) is 5.75 Å². The van der Waals surface area contributed by atoms with Gasteiger partial charge in [-0.25, -0.2) is 13.4 Å². The highest BCUT2D eigenvalue weighted by Gasteiger charge is 2.21. The SMILES string of the molecule is CS(=O)(=O)Nc1cc(C(O)CNC2CCN(c3ccc(/C=C4\N=C(N)NC4=O)cc3)CC2)ccc1O. The lowest BCUT2D eigenvalue weighted by Crippen LogP contribution is -2.43. The molecule has 0 aromatic heterocycles. The minimum Gasteiger partial charge on any atom is -0.506 e. The van der Waals surface area contributed by atoms with E-state index in [4.69, 9.17) is 5.73 Å². The molecule has 0 spiro atoms. The zero-order valence-electron chi connectivity index (χ0n) is 19.8. The topological polar surface area (TPSA) is 169 Å². The molecular formula is C24H30N6O5S. The number of sulfonamides is 1. The van der Waals surface area contributed by atoms with Crippen LogP contribution in [0.1, 0.15) is 30.1 Å². The van der Waals surface area contributed by atoms with E-state index in [1.165, 1.54) is 12.1 Å². The Morgan fingerprint density at radius 1 is 1.22 bits per heavy atom. The Kier molecular flexibility index (Phi) is 7.48. The van der Waals surface area contributed by atoms with Gasteiger partial charge in [0.15, 0.2) is 0 Å². The average Bonchev–Trinajstić information content (AvgIpc) is 3.15. The van der Waals surface area contributed by atoms with E-state index >= 15 is 0 Å². The first-order valence-electron chi connectivity index (χ1n) is 11.5. The van der Waals surface area contributed by atoms with Crippen molar-refractivity contribution in [3.05, 3.63) is 59.3 Å². The van der Waals surface area contributed by atoms with Gasteiger partial charge in [-0.05, 0) is 54.3 Å². The molecule has 0 saturated carbocycles. The number of nitrogens with one attached hydrogen (secondary N) is 3. The Hall–Kier alpha value is -3.61. The second kappa shape index (κ2) is 10.6. The number of benzene rings is 2. The van der Waals surface area contributed by atoms with Gasteiger partial charge in [-0.3, -0.25) is 14.8 Å². The third-order valence-electron chi connectivity index (χ3n) is 6.07. The van der Waals surface area contributed by atoms with Crippen molar-refractivity contribution in [2.75, 3.05) is 35.5 Å². The monoisotopic (exact) mass is 514 g/mol. The van der Waals surface area contributed by atoms with Crippen LogP contribution in [0.25, 0.3) is 6.08 Å². The molecule has 1 atom stereocenters. The molecule has 7 N–H and O–H groups in total. The lowest BCUT2D eigenvalue weighted by atomic mass is 10.0. The summed E-state index contributed by atoms with van der Waals surface area (Å²) in [5, 5.41) is 26.3. The fourth-order valence-electron chi connectivity index (χ4n) is 4.21. The second-order valence-corrected chi connectivity index (χ2v) is 10.7. The maximum absolute atomic E-state index is 11.7. The molecule has 12 heteroatoms. The number of piperidine rings is 1. The van der Waals surface area contributed by atoms with E-state index in [0.29, 0.717) is 12.1 Å². The number of phenolic OH excluding ortho intramolecular Hbond substituents is 1. The highest BCUT2D eigenvalue weighted by atomic mass is 32.2. The van der Waals surface area contributed by atoms with E-state index in [0.717, 1.165) is 43.4 Å². The molecule has 192 valence electrons. The molecule has 1 saturated heterocycles. The van der Waals surface area contributed by atoms with Crippen LogP contribution in [0.4, 0.5) is 11.4 Å². The number of guanidine groups is 1. The number of aromatic hydroxyl groups is 1. The number of aliphatic hydroxyl groups excluding tert-OH is 1. The van der Waals surface area contributed by atoms with Gasteiger partial charge >= 0.3 is 0 Å². The number of rotatable bonds is 8. The highest BCUT2D eigenvalue weighted by molar-refractivity contribution is 7.92. The summed E-state index contributed by atoms with van der Waals surface area (Å²) in [6, 6.07) is 12.5. The fourth-order valence-corrected chi connectivity index (χ4v) is 4.77. The summed E-state index contributed by atoms with van der Waals surface area (Å²) in [5.41, 5.74) is 8.29.